The van der Waals surface area contributed by atoms with E-state index in [9.17, 15) is 14.0 Å². The Hall–Kier alpha value is -3.28. The maximum atomic E-state index is 13.1. The van der Waals surface area contributed by atoms with Gasteiger partial charge in [0.2, 0.25) is 0 Å². The number of aromatic nitrogens is 2. The van der Waals surface area contributed by atoms with Crippen LogP contribution in [0.4, 0.5) is 4.39 Å². The zero-order valence-corrected chi connectivity index (χ0v) is 13.5. The van der Waals surface area contributed by atoms with Crippen molar-refractivity contribution in [2.45, 2.75) is 13.5 Å². The molecule has 126 valence electrons. The summed E-state index contributed by atoms with van der Waals surface area (Å²) in [6, 6.07) is 12.5. The Bertz CT molecular complexity index is 1020. The van der Waals surface area contributed by atoms with Crippen LogP contribution in [-0.4, -0.2) is 15.4 Å². The molecule has 3 rings (SSSR count). The lowest BCUT2D eigenvalue weighted by Crippen LogP contribution is -2.18. The first-order valence-corrected chi connectivity index (χ1v) is 7.62. The molecule has 2 aromatic heterocycles. The van der Waals surface area contributed by atoms with E-state index in [0.717, 1.165) is 5.69 Å². The van der Waals surface area contributed by atoms with Gasteiger partial charge in [-0.05, 0) is 42.8 Å². The van der Waals surface area contributed by atoms with Crippen LogP contribution in [0.5, 0.6) is 0 Å². The van der Waals surface area contributed by atoms with Crippen molar-refractivity contribution < 1.29 is 13.9 Å². The lowest BCUT2D eigenvalue weighted by Gasteiger charge is -2.06. The van der Waals surface area contributed by atoms with E-state index < -0.39 is 5.97 Å². The number of ether oxygens (including phenoxy) is 1. The maximum absolute atomic E-state index is 13.1. The fourth-order valence-corrected chi connectivity index (χ4v) is 2.41. The summed E-state index contributed by atoms with van der Waals surface area (Å²) in [5, 5.41) is 0. The molecular weight excluding hydrogens is 323 g/mol. The molecule has 0 atom stereocenters. The Morgan fingerprint density at radius 2 is 2.04 bits per heavy atom. The van der Waals surface area contributed by atoms with Crippen LogP contribution in [0.3, 0.4) is 0 Å². The first kappa shape index (κ1) is 16.6. The summed E-state index contributed by atoms with van der Waals surface area (Å²) in [5.41, 5.74) is 1.95. The summed E-state index contributed by atoms with van der Waals surface area (Å²) in [5.74, 6) is -0.984. The van der Waals surface area contributed by atoms with E-state index in [1.54, 1.807) is 24.3 Å². The van der Waals surface area contributed by atoms with Crippen molar-refractivity contribution in [3.63, 3.8) is 0 Å². The van der Waals surface area contributed by atoms with Crippen LogP contribution in [0.2, 0.25) is 0 Å². The molecule has 2 heterocycles. The van der Waals surface area contributed by atoms with Crippen LogP contribution in [0.25, 0.3) is 11.7 Å². The van der Waals surface area contributed by atoms with Crippen LogP contribution in [0, 0.1) is 12.7 Å². The van der Waals surface area contributed by atoms with E-state index in [-0.39, 0.29) is 18.0 Å². The Morgan fingerprint density at radius 3 is 2.84 bits per heavy atom. The van der Waals surface area contributed by atoms with E-state index in [0.29, 0.717) is 16.9 Å². The van der Waals surface area contributed by atoms with Gasteiger partial charge in [-0.15, -0.1) is 0 Å². The second-order valence-electron chi connectivity index (χ2n) is 5.44. The van der Waals surface area contributed by atoms with Gasteiger partial charge in [0.15, 0.2) is 0 Å². The van der Waals surface area contributed by atoms with Crippen LogP contribution in [0.15, 0.2) is 59.4 Å². The Morgan fingerprint density at radius 1 is 1.24 bits per heavy atom. The Balaban J connectivity index is 1.70. The molecule has 25 heavy (non-hydrogen) atoms. The molecule has 0 amide bonds. The summed E-state index contributed by atoms with van der Waals surface area (Å²) in [7, 11) is 0. The molecule has 0 radical (unpaired) electrons. The van der Waals surface area contributed by atoms with Gasteiger partial charge in [0, 0.05) is 17.8 Å². The third kappa shape index (κ3) is 3.98. The highest BCUT2D eigenvalue weighted by Gasteiger charge is 2.06. The molecule has 5 nitrogen and oxygen atoms in total. The van der Waals surface area contributed by atoms with Gasteiger partial charge in [-0.2, -0.15) is 0 Å². The molecule has 0 unspecified atom stereocenters. The number of halogens is 1. The van der Waals surface area contributed by atoms with E-state index in [4.69, 9.17) is 4.74 Å². The first-order valence-electron chi connectivity index (χ1n) is 7.62. The number of carbonyl (C=O) groups excluding carboxylic acids is 1. The molecule has 0 spiro atoms. The zero-order chi connectivity index (χ0) is 17.8. The predicted molar refractivity (Wildman–Crippen MR) is 91.4 cm³/mol. The summed E-state index contributed by atoms with van der Waals surface area (Å²) < 4.78 is 19.6. The molecule has 0 aliphatic heterocycles. The van der Waals surface area contributed by atoms with Crippen molar-refractivity contribution in [1.29, 1.82) is 0 Å². The van der Waals surface area contributed by atoms with Crippen molar-refractivity contribution in [3.8, 4) is 0 Å². The van der Waals surface area contributed by atoms with Crippen molar-refractivity contribution >= 4 is 17.7 Å². The van der Waals surface area contributed by atoms with E-state index >= 15 is 0 Å². The molecule has 0 saturated heterocycles. The minimum atomic E-state index is -0.601. The molecule has 0 N–H and O–H groups in total. The number of carbonyl (C=O) groups is 1. The number of esters is 1. The largest absolute Gasteiger partial charge is 0.456 e. The normalized spacial score (nSPS) is 11.1. The van der Waals surface area contributed by atoms with Gasteiger partial charge >= 0.3 is 5.97 Å². The summed E-state index contributed by atoms with van der Waals surface area (Å²) >= 11 is 0. The number of benzene rings is 1. The third-order valence-corrected chi connectivity index (χ3v) is 3.56. The summed E-state index contributed by atoms with van der Waals surface area (Å²) in [6.45, 7) is 1.69. The number of hydrogen-bond acceptors (Lipinski definition) is 4. The highest BCUT2D eigenvalue weighted by atomic mass is 19.1. The minimum absolute atomic E-state index is 0.119. The van der Waals surface area contributed by atoms with Crippen molar-refractivity contribution in [2.75, 3.05) is 0 Å². The molecule has 0 bridgehead atoms. The van der Waals surface area contributed by atoms with E-state index in [2.05, 4.69) is 4.98 Å². The lowest BCUT2D eigenvalue weighted by molar-refractivity contribution is -0.139. The first-order chi connectivity index (χ1) is 12.0. The second-order valence-corrected chi connectivity index (χ2v) is 5.44. The minimum Gasteiger partial charge on any atom is -0.456 e. The zero-order valence-electron chi connectivity index (χ0n) is 13.5. The Kier molecular flexibility index (Phi) is 4.70. The molecule has 0 aliphatic carbocycles. The van der Waals surface area contributed by atoms with Crippen LogP contribution in [-0.2, 0) is 16.1 Å². The molecule has 0 saturated carbocycles. The van der Waals surface area contributed by atoms with Crippen LogP contribution < -0.4 is 5.56 Å². The maximum Gasteiger partial charge on any atom is 0.331 e. The number of aryl methyl sites for hydroxylation is 1. The molecule has 6 heteroatoms. The van der Waals surface area contributed by atoms with Gasteiger partial charge in [0.05, 0.1) is 5.69 Å². The standard InChI is InChI=1S/C19H15FN2O3/c1-13-4-2-7-17-21-16(11-18(23)22(13)17)12-25-19(24)9-8-14-5-3-6-15(20)10-14/h2-11H,12H2,1H3/b9-8+. The molecule has 0 fully saturated rings. The quantitative estimate of drug-likeness (QED) is 0.542. The van der Waals surface area contributed by atoms with Gasteiger partial charge in [0.25, 0.3) is 5.56 Å². The topological polar surface area (TPSA) is 60.7 Å². The van der Waals surface area contributed by atoms with Gasteiger partial charge in [-0.25, -0.2) is 14.2 Å². The molecule has 3 aromatic rings. The number of hydrogen-bond donors (Lipinski definition) is 0. The summed E-state index contributed by atoms with van der Waals surface area (Å²) in [4.78, 5) is 28.2. The number of nitrogens with zero attached hydrogens (tertiary/aromatic N) is 2. The van der Waals surface area contributed by atoms with Gasteiger partial charge < -0.3 is 4.74 Å². The number of rotatable bonds is 4. The fraction of sp³-hybridized carbons (Fsp3) is 0.105. The molecule has 0 aliphatic rings. The fourth-order valence-electron chi connectivity index (χ4n) is 2.41. The average molecular weight is 338 g/mol. The number of fused-ring (bicyclic) bond motifs is 1. The highest BCUT2D eigenvalue weighted by molar-refractivity contribution is 5.87. The van der Waals surface area contributed by atoms with Gasteiger partial charge in [0.1, 0.15) is 18.1 Å². The van der Waals surface area contributed by atoms with Crippen LogP contribution in [0.1, 0.15) is 17.0 Å². The number of pyridine rings is 1. The second kappa shape index (κ2) is 7.09. The summed E-state index contributed by atoms with van der Waals surface area (Å²) in [6.07, 6.45) is 2.66. The lowest BCUT2D eigenvalue weighted by atomic mass is 10.2. The van der Waals surface area contributed by atoms with Crippen molar-refractivity contribution in [3.05, 3.63) is 87.7 Å². The smallest absolute Gasteiger partial charge is 0.331 e. The third-order valence-electron chi connectivity index (χ3n) is 3.56. The van der Waals surface area contributed by atoms with Crippen molar-refractivity contribution in [2.24, 2.45) is 0 Å². The molecular formula is C19H15FN2O3. The average Bonchev–Trinajstić information content (AvgIpc) is 2.58. The van der Waals surface area contributed by atoms with Crippen molar-refractivity contribution in [1.82, 2.24) is 9.38 Å². The highest BCUT2D eigenvalue weighted by Crippen LogP contribution is 2.07. The Labute approximate surface area is 143 Å². The predicted octanol–water partition coefficient (Wildman–Crippen LogP) is 2.90. The van der Waals surface area contributed by atoms with E-state index in [1.807, 2.05) is 13.0 Å². The van der Waals surface area contributed by atoms with Gasteiger partial charge in [-0.1, -0.05) is 18.2 Å². The van der Waals surface area contributed by atoms with Crippen LogP contribution >= 0.6 is 0 Å². The van der Waals surface area contributed by atoms with Gasteiger partial charge in [-0.3, -0.25) is 9.20 Å². The monoisotopic (exact) mass is 338 g/mol. The van der Waals surface area contributed by atoms with E-state index in [1.165, 1.54) is 34.8 Å². The molecule has 1 aromatic carbocycles. The SMILES string of the molecule is Cc1cccc2nc(COC(=O)/C=C/c3cccc(F)c3)cc(=O)n12.